The van der Waals surface area contributed by atoms with E-state index in [2.05, 4.69) is 6.07 Å². The van der Waals surface area contributed by atoms with Gasteiger partial charge in [-0.3, -0.25) is 9.59 Å². The quantitative estimate of drug-likeness (QED) is 0.242. The van der Waals surface area contributed by atoms with Crippen molar-refractivity contribution in [1.82, 2.24) is 9.80 Å². The first kappa shape index (κ1) is 26.4. The summed E-state index contributed by atoms with van der Waals surface area (Å²) >= 11 is 14.4. The van der Waals surface area contributed by atoms with Crippen molar-refractivity contribution in [3.05, 3.63) is 97.7 Å². The molecule has 2 amide bonds. The molecule has 0 N–H and O–H groups in total. The number of amides is 2. The maximum absolute atomic E-state index is 13.7. The van der Waals surface area contributed by atoms with E-state index in [9.17, 15) is 9.59 Å². The molecule has 1 aromatic heterocycles. The average Bonchev–Trinajstić information content (AvgIpc) is 3.36. The van der Waals surface area contributed by atoms with Crippen LogP contribution in [-0.4, -0.2) is 55.0 Å². The first-order valence-electron chi connectivity index (χ1n) is 11.8. The normalized spacial score (nSPS) is 15.2. The lowest BCUT2D eigenvalue weighted by Gasteiger charge is -2.38. The number of hydrogen-bond acceptors (Lipinski definition) is 4. The van der Waals surface area contributed by atoms with E-state index in [0.29, 0.717) is 36.2 Å². The molecule has 0 fully saturated rings. The van der Waals surface area contributed by atoms with Crippen molar-refractivity contribution < 1.29 is 14.3 Å². The zero-order chi connectivity index (χ0) is 25.5. The number of rotatable bonds is 9. The fourth-order valence-electron chi connectivity index (χ4n) is 4.40. The van der Waals surface area contributed by atoms with Crippen molar-refractivity contribution in [1.29, 1.82) is 0 Å². The van der Waals surface area contributed by atoms with Crippen LogP contribution in [0.1, 0.15) is 34.0 Å². The molecule has 0 saturated heterocycles. The van der Waals surface area contributed by atoms with E-state index in [-0.39, 0.29) is 24.4 Å². The Balaban J connectivity index is 1.58. The Morgan fingerprint density at radius 2 is 1.94 bits per heavy atom. The van der Waals surface area contributed by atoms with Crippen molar-refractivity contribution in [2.24, 2.45) is 0 Å². The minimum Gasteiger partial charge on any atom is -0.385 e. The highest BCUT2D eigenvalue weighted by Crippen LogP contribution is 2.41. The molecule has 1 aliphatic rings. The molecule has 5 nitrogen and oxygen atoms in total. The van der Waals surface area contributed by atoms with E-state index in [4.69, 9.17) is 27.9 Å². The summed E-state index contributed by atoms with van der Waals surface area (Å²) in [5.74, 6) is -0.334. The molecule has 188 valence electrons. The lowest BCUT2D eigenvalue weighted by atomic mass is 9.93. The lowest BCUT2D eigenvalue weighted by Crippen LogP contribution is -2.46. The van der Waals surface area contributed by atoms with Gasteiger partial charge in [0.2, 0.25) is 11.8 Å². The Morgan fingerprint density at radius 1 is 1.14 bits per heavy atom. The monoisotopic (exact) mass is 542 g/mol. The Bertz CT molecular complexity index is 1230. The third-order valence-corrected chi connectivity index (χ3v) is 7.73. The Labute approximate surface area is 225 Å². The number of nitrogens with zero attached hydrogens (tertiary/aromatic N) is 2. The second-order valence-corrected chi connectivity index (χ2v) is 10.4. The molecule has 0 radical (unpaired) electrons. The van der Waals surface area contributed by atoms with Gasteiger partial charge in [-0.15, -0.1) is 11.3 Å². The van der Waals surface area contributed by atoms with Gasteiger partial charge in [-0.1, -0.05) is 59.6 Å². The highest BCUT2D eigenvalue weighted by Gasteiger charge is 2.34. The van der Waals surface area contributed by atoms with Crippen molar-refractivity contribution >= 4 is 52.4 Å². The minimum absolute atomic E-state index is 0.0249. The standard InChI is InChI=1S/C28H28Cl2N2O3S/c1-35-16-5-14-31(26(33)11-8-20-6-3-2-4-7-20)19-27(34)32-15-12-25-23(13-17-36-25)28(32)22-10-9-21(29)18-24(22)30/h2-4,6-11,13,17-18,28H,5,12,14-16,19H2,1H3/b11-8+. The SMILES string of the molecule is COCCCN(CC(=O)N1CCc2sccc2C1c1ccc(Cl)cc1Cl)C(=O)/C=C/c1ccccc1. The highest BCUT2D eigenvalue weighted by atomic mass is 35.5. The van der Waals surface area contributed by atoms with Crippen LogP contribution in [-0.2, 0) is 20.7 Å². The molecule has 0 spiro atoms. The van der Waals surface area contributed by atoms with Gasteiger partial charge in [-0.05, 0) is 59.2 Å². The maximum Gasteiger partial charge on any atom is 0.247 e. The molecular weight excluding hydrogens is 515 g/mol. The summed E-state index contributed by atoms with van der Waals surface area (Å²) < 4.78 is 5.17. The number of carbonyl (C=O) groups is 2. The first-order valence-corrected chi connectivity index (χ1v) is 13.4. The number of methoxy groups -OCH3 is 1. The van der Waals surface area contributed by atoms with E-state index in [1.807, 2.05) is 46.7 Å². The fourth-order valence-corrected chi connectivity index (χ4v) is 5.82. The predicted molar refractivity (Wildman–Crippen MR) is 147 cm³/mol. The van der Waals surface area contributed by atoms with Crippen molar-refractivity contribution in [2.75, 3.05) is 33.4 Å². The number of ether oxygens (including phenoxy) is 1. The Kier molecular flexibility index (Phi) is 9.21. The van der Waals surface area contributed by atoms with Crippen LogP contribution >= 0.6 is 34.5 Å². The molecule has 36 heavy (non-hydrogen) atoms. The molecule has 2 aromatic carbocycles. The van der Waals surface area contributed by atoms with Crippen LogP contribution in [0.2, 0.25) is 10.0 Å². The van der Waals surface area contributed by atoms with E-state index < -0.39 is 0 Å². The van der Waals surface area contributed by atoms with Gasteiger partial charge < -0.3 is 14.5 Å². The maximum atomic E-state index is 13.7. The fraction of sp³-hybridized carbons (Fsp3) is 0.286. The Hall–Kier alpha value is -2.64. The summed E-state index contributed by atoms with van der Waals surface area (Å²) in [4.78, 5) is 31.5. The molecule has 1 unspecified atom stereocenters. The summed E-state index contributed by atoms with van der Waals surface area (Å²) in [5, 5.41) is 3.11. The van der Waals surface area contributed by atoms with Crippen LogP contribution in [0.5, 0.6) is 0 Å². The molecular formula is C28H28Cl2N2O3S. The number of halogens is 2. The average molecular weight is 544 g/mol. The summed E-state index contributed by atoms with van der Waals surface area (Å²) in [5.41, 5.74) is 2.83. The molecule has 0 aliphatic carbocycles. The van der Waals surface area contributed by atoms with Crippen molar-refractivity contribution in [3.63, 3.8) is 0 Å². The van der Waals surface area contributed by atoms with Crippen LogP contribution < -0.4 is 0 Å². The van der Waals surface area contributed by atoms with Crippen LogP contribution in [0.25, 0.3) is 6.08 Å². The zero-order valence-corrected chi connectivity index (χ0v) is 22.4. The van der Waals surface area contributed by atoms with Crippen LogP contribution in [0.3, 0.4) is 0 Å². The summed E-state index contributed by atoms with van der Waals surface area (Å²) in [6.07, 6.45) is 4.70. The third-order valence-electron chi connectivity index (χ3n) is 6.18. The van der Waals surface area contributed by atoms with Gasteiger partial charge in [0.15, 0.2) is 0 Å². The summed E-state index contributed by atoms with van der Waals surface area (Å²) in [6, 6.07) is 16.7. The highest BCUT2D eigenvalue weighted by molar-refractivity contribution is 7.10. The van der Waals surface area contributed by atoms with E-state index in [1.54, 1.807) is 41.6 Å². The summed E-state index contributed by atoms with van der Waals surface area (Å²) in [6.45, 7) is 1.45. The molecule has 1 atom stereocenters. The van der Waals surface area contributed by atoms with Crippen LogP contribution in [0.4, 0.5) is 0 Å². The molecule has 0 bridgehead atoms. The van der Waals surface area contributed by atoms with Gasteiger partial charge in [-0.25, -0.2) is 0 Å². The first-order chi connectivity index (χ1) is 17.5. The number of thiophene rings is 1. The second-order valence-electron chi connectivity index (χ2n) is 8.55. The number of benzene rings is 2. The molecule has 2 heterocycles. The van der Waals surface area contributed by atoms with Gasteiger partial charge in [0.05, 0.1) is 6.04 Å². The largest absolute Gasteiger partial charge is 0.385 e. The van der Waals surface area contributed by atoms with Crippen LogP contribution in [0.15, 0.2) is 66.1 Å². The van der Waals surface area contributed by atoms with Gasteiger partial charge in [0, 0.05) is 47.8 Å². The molecule has 8 heteroatoms. The topological polar surface area (TPSA) is 49.9 Å². The van der Waals surface area contributed by atoms with Gasteiger partial charge >= 0.3 is 0 Å². The molecule has 0 saturated carbocycles. The predicted octanol–water partition coefficient (Wildman–Crippen LogP) is 6.11. The lowest BCUT2D eigenvalue weighted by molar-refractivity contribution is -0.139. The van der Waals surface area contributed by atoms with Gasteiger partial charge in [0.25, 0.3) is 0 Å². The smallest absolute Gasteiger partial charge is 0.247 e. The number of hydrogen-bond donors (Lipinski definition) is 0. The van der Waals surface area contributed by atoms with E-state index >= 15 is 0 Å². The van der Waals surface area contributed by atoms with E-state index in [1.165, 1.54) is 11.0 Å². The minimum atomic E-state index is -0.326. The van der Waals surface area contributed by atoms with Gasteiger partial charge in [-0.2, -0.15) is 0 Å². The zero-order valence-electron chi connectivity index (χ0n) is 20.0. The molecule has 3 aromatic rings. The van der Waals surface area contributed by atoms with E-state index in [0.717, 1.165) is 23.1 Å². The summed E-state index contributed by atoms with van der Waals surface area (Å²) in [7, 11) is 1.62. The van der Waals surface area contributed by atoms with Crippen LogP contribution in [0, 0.1) is 0 Å². The number of fused-ring (bicyclic) bond motifs is 1. The number of carbonyl (C=O) groups excluding carboxylic acids is 2. The molecule has 4 rings (SSSR count). The third kappa shape index (κ3) is 6.37. The van der Waals surface area contributed by atoms with Crippen molar-refractivity contribution in [3.8, 4) is 0 Å². The van der Waals surface area contributed by atoms with Crippen molar-refractivity contribution in [2.45, 2.75) is 18.9 Å². The Morgan fingerprint density at radius 3 is 2.69 bits per heavy atom. The molecule has 1 aliphatic heterocycles. The van der Waals surface area contributed by atoms with Gasteiger partial charge in [0.1, 0.15) is 6.54 Å². The second kappa shape index (κ2) is 12.5.